The summed E-state index contributed by atoms with van der Waals surface area (Å²) in [4.78, 5) is 28.2. The van der Waals surface area contributed by atoms with Gasteiger partial charge in [0, 0.05) is 23.0 Å². The molecule has 6 atom stereocenters. The lowest BCUT2D eigenvalue weighted by Gasteiger charge is -2.25. The molecule has 1 amide bonds. The molecule has 3 rings (SSSR count). The van der Waals surface area contributed by atoms with Crippen LogP contribution in [0, 0.1) is 0 Å². The van der Waals surface area contributed by atoms with Crippen molar-refractivity contribution in [3.05, 3.63) is 51.7 Å². The van der Waals surface area contributed by atoms with Crippen molar-refractivity contribution in [3.63, 3.8) is 0 Å². The summed E-state index contributed by atoms with van der Waals surface area (Å²) in [6, 6.07) is 11.2. The highest BCUT2D eigenvalue weighted by Crippen LogP contribution is 2.31. The summed E-state index contributed by atoms with van der Waals surface area (Å²) in [7, 11) is 0. The van der Waals surface area contributed by atoms with Gasteiger partial charge in [-0.15, -0.1) is 11.3 Å². The number of thiophene rings is 1. The van der Waals surface area contributed by atoms with Gasteiger partial charge in [-0.25, -0.2) is 4.79 Å². The first-order valence-electron chi connectivity index (χ1n) is 14.3. The van der Waals surface area contributed by atoms with Crippen molar-refractivity contribution in [1.29, 1.82) is 0 Å². The van der Waals surface area contributed by atoms with Crippen molar-refractivity contribution in [2.24, 2.45) is 0 Å². The first kappa shape index (κ1) is 33.1. The number of anilines is 1. The second-order valence-corrected chi connectivity index (χ2v) is 11.8. The van der Waals surface area contributed by atoms with Crippen LogP contribution in [0.5, 0.6) is 0 Å². The molecule has 2 aromatic rings. The van der Waals surface area contributed by atoms with Gasteiger partial charge in [0.05, 0.1) is 12.7 Å². The molecule has 0 bridgehead atoms. The highest BCUT2D eigenvalue weighted by atomic mass is 32.1. The van der Waals surface area contributed by atoms with Crippen molar-refractivity contribution >= 4 is 28.9 Å². The third kappa shape index (κ3) is 9.31. The number of esters is 1. The third-order valence-corrected chi connectivity index (χ3v) is 8.62. The van der Waals surface area contributed by atoms with Crippen LogP contribution in [0.25, 0.3) is 0 Å². The third-order valence-electron chi connectivity index (χ3n) is 7.50. The number of hydrogen-bond acceptors (Lipinski definition) is 10. The van der Waals surface area contributed by atoms with Crippen LogP contribution >= 0.6 is 11.3 Å². The van der Waals surface area contributed by atoms with Gasteiger partial charge < -0.3 is 40.3 Å². The predicted octanol–water partition coefficient (Wildman–Crippen LogP) is 2.47. The van der Waals surface area contributed by atoms with Crippen LogP contribution in [-0.2, 0) is 16.0 Å². The molecule has 0 saturated carbocycles. The van der Waals surface area contributed by atoms with Gasteiger partial charge in [-0.3, -0.25) is 4.79 Å². The fourth-order valence-electron chi connectivity index (χ4n) is 5.01. The lowest BCUT2D eigenvalue weighted by Crippen LogP contribution is -2.47. The van der Waals surface area contributed by atoms with Gasteiger partial charge in [-0.05, 0) is 61.9 Å². The Hall–Kier alpha value is -2.38. The maximum atomic E-state index is 12.7. The largest absolute Gasteiger partial charge is 0.459 e. The summed E-state index contributed by atoms with van der Waals surface area (Å²) in [5.41, 5.74) is 1.71. The van der Waals surface area contributed by atoms with Gasteiger partial charge >= 0.3 is 5.97 Å². The zero-order chi connectivity index (χ0) is 29.9. The van der Waals surface area contributed by atoms with Crippen LogP contribution in [0.1, 0.15) is 84.5 Å². The number of nitrogens with zero attached hydrogens (tertiary/aromatic N) is 1. The summed E-state index contributed by atoms with van der Waals surface area (Å²) >= 11 is 1.26. The molecule has 0 spiro atoms. The molecular weight excluding hydrogens is 550 g/mol. The van der Waals surface area contributed by atoms with Gasteiger partial charge in [0.25, 0.3) is 0 Å². The summed E-state index contributed by atoms with van der Waals surface area (Å²) in [5.74, 6) is -0.589. The second-order valence-electron chi connectivity index (χ2n) is 10.6. The minimum absolute atomic E-state index is 0.0832. The highest BCUT2D eigenvalue weighted by molar-refractivity contribution is 7.13. The van der Waals surface area contributed by atoms with Crippen LogP contribution < -0.4 is 4.90 Å². The van der Waals surface area contributed by atoms with E-state index in [4.69, 9.17) is 9.84 Å². The number of carbonyl (C=O) groups is 2. The molecule has 1 aliphatic rings. The number of aliphatic hydroxyl groups is 6. The standard InChI is InChI=1S/C30H43NO9S/c1-2-3-4-8-23(33)19-9-11-21(12-10-19)31-20(13-16-27(31)36)6-5-7-22-14-15-26(41-22)30(39)40-18-25(35)29(38)28(37)24(34)17-32/h9-12,14-15,20,23-25,28-29,32-35,37-38H,2-8,13,16-18H2,1H3/t20-,23-,24+,25+,28-,29-/m0/s1. The molecule has 0 aliphatic carbocycles. The molecule has 1 aromatic carbocycles. The number of carbonyl (C=O) groups excluding carboxylic acids is 2. The fourth-order valence-corrected chi connectivity index (χ4v) is 5.95. The van der Waals surface area contributed by atoms with Crippen molar-refractivity contribution in [1.82, 2.24) is 0 Å². The summed E-state index contributed by atoms with van der Waals surface area (Å²) in [6.45, 7) is 0.745. The number of benzene rings is 1. The van der Waals surface area contributed by atoms with E-state index in [0.717, 1.165) is 61.1 Å². The van der Waals surface area contributed by atoms with E-state index in [1.807, 2.05) is 35.2 Å². The Labute approximate surface area is 244 Å². The first-order valence-corrected chi connectivity index (χ1v) is 15.2. The average Bonchev–Trinajstić information content (AvgIpc) is 3.61. The van der Waals surface area contributed by atoms with E-state index in [1.165, 1.54) is 11.3 Å². The van der Waals surface area contributed by atoms with Crippen molar-refractivity contribution in [2.45, 2.75) is 101 Å². The Morgan fingerprint density at radius 2 is 1.71 bits per heavy atom. The molecular formula is C30H43NO9S. The Balaban J connectivity index is 1.47. The minimum Gasteiger partial charge on any atom is -0.459 e. The van der Waals surface area contributed by atoms with Crippen LogP contribution in [0.15, 0.2) is 36.4 Å². The molecule has 10 nitrogen and oxygen atoms in total. The number of rotatable bonds is 17. The zero-order valence-electron chi connectivity index (χ0n) is 23.5. The number of unbranched alkanes of at least 4 members (excludes halogenated alkanes) is 2. The van der Waals surface area contributed by atoms with Gasteiger partial charge in [0.1, 0.15) is 35.9 Å². The Bertz CT molecular complexity index is 1090. The Morgan fingerprint density at radius 1 is 1.00 bits per heavy atom. The SMILES string of the molecule is CCCCC[C@H](O)c1ccc(N2C(=O)CC[C@@H]2CCCc2ccc(C(=O)OC[C@@H](O)[C@H](O)[C@@H](O)[C@H](O)CO)s2)cc1. The van der Waals surface area contributed by atoms with E-state index >= 15 is 0 Å². The average molecular weight is 594 g/mol. The zero-order valence-corrected chi connectivity index (χ0v) is 24.3. The molecule has 6 N–H and O–H groups in total. The monoisotopic (exact) mass is 593 g/mol. The molecule has 0 radical (unpaired) electrons. The number of amides is 1. The topological polar surface area (TPSA) is 168 Å². The van der Waals surface area contributed by atoms with E-state index in [1.54, 1.807) is 6.07 Å². The minimum atomic E-state index is -1.80. The summed E-state index contributed by atoms with van der Waals surface area (Å²) in [5, 5.41) is 58.1. The van der Waals surface area contributed by atoms with Crippen molar-refractivity contribution < 1.29 is 45.0 Å². The normalized spacial score (nSPS) is 19.1. The smallest absolute Gasteiger partial charge is 0.348 e. The van der Waals surface area contributed by atoms with E-state index in [9.17, 15) is 35.1 Å². The van der Waals surface area contributed by atoms with E-state index in [0.29, 0.717) is 17.7 Å². The van der Waals surface area contributed by atoms with Gasteiger partial charge in [-0.2, -0.15) is 0 Å². The van der Waals surface area contributed by atoms with E-state index in [2.05, 4.69) is 6.92 Å². The molecule has 1 aliphatic heterocycles. The number of hydrogen-bond donors (Lipinski definition) is 6. The van der Waals surface area contributed by atoms with Crippen LogP contribution in [-0.4, -0.2) is 86.2 Å². The molecule has 11 heteroatoms. The molecule has 41 heavy (non-hydrogen) atoms. The predicted molar refractivity (Wildman–Crippen MR) is 155 cm³/mol. The maximum Gasteiger partial charge on any atom is 0.348 e. The number of ether oxygens (including phenoxy) is 1. The molecule has 1 aromatic heterocycles. The number of aliphatic hydroxyl groups excluding tert-OH is 6. The summed E-state index contributed by atoms with van der Waals surface area (Å²) < 4.78 is 5.04. The highest BCUT2D eigenvalue weighted by Gasteiger charge is 2.32. The van der Waals surface area contributed by atoms with Crippen molar-refractivity contribution in [2.75, 3.05) is 18.1 Å². The lowest BCUT2D eigenvalue weighted by molar-refractivity contribution is -0.124. The quantitative estimate of drug-likeness (QED) is 0.119. The van der Waals surface area contributed by atoms with Gasteiger partial charge in [0.15, 0.2) is 0 Å². The van der Waals surface area contributed by atoms with E-state index < -0.39 is 49.7 Å². The van der Waals surface area contributed by atoms with Crippen LogP contribution in [0.4, 0.5) is 5.69 Å². The van der Waals surface area contributed by atoms with Crippen LogP contribution in [0.3, 0.4) is 0 Å². The lowest BCUT2D eigenvalue weighted by atomic mass is 10.0. The molecule has 0 unspecified atom stereocenters. The van der Waals surface area contributed by atoms with Crippen molar-refractivity contribution in [3.8, 4) is 0 Å². The summed E-state index contributed by atoms with van der Waals surface area (Å²) in [6.07, 6.45) is 0.152. The number of aryl methyl sites for hydroxylation is 1. The molecule has 1 saturated heterocycles. The van der Waals surface area contributed by atoms with Crippen LogP contribution in [0.2, 0.25) is 0 Å². The molecule has 228 valence electrons. The Morgan fingerprint density at radius 3 is 2.39 bits per heavy atom. The fraction of sp³-hybridized carbons (Fsp3) is 0.600. The maximum absolute atomic E-state index is 12.7. The van der Waals surface area contributed by atoms with Gasteiger partial charge in [0.2, 0.25) is 5.91 Å². The Kier molecular flexibility index (Phi) is 13.2. The molecule has 2 heterocycles. The van der Waals surface area contributed by atoms with Gasteiger partial charge in [-0.1, -0.05) is 38.3 Å². The van der Waals surface area contributed by atoms with E-state index in [-0.39, 0.29) is 11.9 Å². The first-order chi connectivity index (χ1) is 19.7. The molecule has 1 fully saturated rings. The second kappa shape index (κ2) is 16.3.